The lowest BCUT2D eigenvalue weighted by atomic mass is 10.1. The van der Waals surface area contributed by atoms with Gasteiger partial charge in [0.1, 0.15) is 0 Å². The monoisotopic (exact) mass is 246 g/mol. The van der Waals surface area contributed by atoms with Crippen LogP contribution in [0.5, 0.6) is 0 Å². The highest BCUT2D eigenvalue weighted by Gasteiger charge is 2.10. The fourth-order valence-corrected chi connectivity index (χ4v) is 2.00. The standard InChI is InChI=1S/C12H26N2OS/c1-3-8-11(13)12(15)14-9-6-4-5-7-10-16-2/h11H,3-10,13H2,1-2H3,(H,14,15). The summed E-state index contributed by atoms with van der Waals surface area (Å²) in [5.74, 6) is 1.25. The Balaban J connectivity index is 3.27. The highest BCUT2D eigenvalue weighted by molar-refractivity contribution is 7.98. The molecule has 0 aliphatic carbocycles. The van der Waals surface area contributed by atoms with Gasteiger partial charge in [-0.25, -0.2) is 0 Å². The van der Waals surface area contributed by atoms with Crippen LogP contribution in [0.15, 0.2) is 0 Å². The molecule has 0 saturated carbocycles. The molecule has 3 nitrogen and oxygen atoms in total. The highest BCUT2D eigenvalue weighted by Crippen LogP contribution is 2.03. The van der Waals surface area contributed by atoms with E-state index in [0.717, 1.165) is 25.8 Å². The van der Waals surface area contributed by atoms with Gasteiger partial charge in [0.05, 0.1) is 6.04 Å². The SMILES string of the molecule is CCCC(N)C(=O)NCCCCCCSC. The number of hydrogen-bond donors (Lipinski definition) is 2. The van der Waals surface area contributed by atoms with E-state index in [1.54, 1.807) is 0 Å². The van der Waals surface area contributed by atoms with Crippen molar-refractivity contribution in [1.29, 1.82) is 0 Å². The Labute approximate surface area is 104 Å². The van der Waals surface area contributed by atoms with Crippen LogP contribution in [0, 0.1) is 0 Å². The van der Waals surface area contributed by atoms with E-state index in [-0.39, 0.29) is 11.9 Å². The van der Waals surface area contributed by atoms with E-state index in [1.807, 2.05) is 18.7 Å². The molecule has 0 radical (unpaired) electrons. The maximum absolute atomic E-state index is 11.4. The Bertz CT molecular complexity index is 176. The molecule has 4 heteroatoms. The van der Waals surface area contributed by atoms with Gasteiger partial charge in [-0.2, -0.15) is 11.8 Å². The second-order valence-corrected chi connectivity index (χ2v) is 5.08. The summed E-state index contributed by atoms with van der Waals surface area (Å²) < 4.78 is 0. The maximum atomic E-state index is 11.4. The van der Waals surface area contributed by atoms with Gasteiger partial charge >= 0.3 is 0 Å². The van der Waals surface area contributed by atoms with Crippen molar-refractivity contribution in [2.24, 2.45) is 5.73 Å². The van der Waals surface area contributed by atoms with E-state index >= 15 is 0 Å². The number of thioether (sulfide) groups is 1. The molecule has 0 fully saturated rings. The van der Waals surface area contributed by atoms with Gasteiger partial charge in [0.2, 0.25) is 5.91 Å². The van der Waals surface area contributed by atoms with Crippen molar-refractivity contribution in [3.05, 3.63) is 0 Å². The third-order valence-corrected chi connectivity index (χ3v) is 3.21. The summed E-state index contributed by atoms with van der Waals surface area (Å²) >= 11 is 1.89. The van der Waals surface area contributed by atoms with Crippen molar-refractivity contribution in [2.75, 3.05) is 18.6 Å². The molecule has 1 unspecified atom stereocenters. The first kappa shape index (κ1) is 15.8. The van der Waals surface area contributed by atoms with Gasteiger partial charge in [-0.3, -0.25) is 4.79 Å². The summed E-state index contributed by atoms with van der Waals surface area (Å²) in [7, 11) is 0. The second kappa shape index (κ2) is 11.3. The van der Waals surface area contributed by atoms with Crippen LogP contribution in [0.25, 0.3) is 0 Å². The van der Waals surface area contributed by atoms with Crippen molar-refractivity contribution in [1.82, 2.24) is 5.32 Å². The Hall–Kier alpha value is -0.220. The number of rotatable bonds is 10. The van der Waals surface area contributed by atoms with Gasteiger partial charge in [0, 0.05) is 6.54 Å². The topological polar surface area (TPSA) is 55.1 Å². The van der Waals surface area contributed by atoms with Gasteiger partial charge in [-0.1, -0.05) is 26.2 Å². The molecule has 0 saturated heterocycles. The van der Waals surface area contributed by atoms with Crippen molar-refractivity contribution >= 4 is 17.7 Å². The minimum Gasteiger partial charge on any atom is -0.355 e. The Kier molecular flexibility index (Phi) is 11.1. The summed E-state index contributed by atoms with van der Waals surface area (Å²) in [6, 6.07) is -0.318. The smallest absolute Gasteiger partial charge is 0.236 e. The number of carbonyl (C=O) groups excluding carboxylic acids is 1. The largest absolute Gasteiger partial charge is 0.355 e. The Morgan fingerprint density at radius 2 is 2.00 bits per heavy atom. The molecule has 0 spiro atoms. The number of carbonyl (C=O) groups is 1. The van der Waals surface area contributed by atoms with E-state index in [2.05, 4.69) is 11.6 Å². The average Bonchev–Trinajstić information content (AvgIpc) is 2.28. The van der Waals surface area contributed by atoms with Crippen LogP contribution in [-0.2, 0) is 4.79 Å². The third-order valence-electron chi connectivity index (χ3n) is 2.51. The Morgan fingerprint density at radius 1 is 1.31 bits per heavy atom. The normalized spacial score (nSPS) is 12.4. The van der Waals surface area contributed by atoms with E-state index in [1.165, 1.54) is 25.0 Å². The number of nitrogens with two attached hydrogens (primary N) is 1. The van der Waals surface area contributed by atoms with Crippen LogP contribution in [-0.4, -0.2) is 30.5 Å². The minimum atomic E-state index is -0.318. The molecular weight excluding hydrogens is 220 g/mol. The predicted octanol–water partition coefficient (Wildman–Crippen LogP) is 2.15. The van der Waals surface area contributed by atoms with Crippen LogP contribution in [0.4, 0.5) is 0 Å². The predicted molar refractivity (Wildman–Crippen MR) is 72.7 cm³/mol. The summed E-state index contributed by atoms with van der Waals surface area (Å²) in [6.07, 6.45) is 8.68. The molecular formula is C12H26N2OS. The van der Waals surface area contributed by atoms with Crippen LogP contribution >= 0.6 is 11.8 Å². The Morgan fingerprint density at radius 3 is 2.62 bits per heavy atom. The van der Waals surface area contributed by atoms with Gasteiger partial charge in [0.25, 0.3) is 0 Å². The summed E-state index contributed by atoms with van der Waals surface area (Å²) in [5, 5.41) is 2.89. The van der Waals surface area contributed by atoms with Crippen molar-refractivity contribution in [3.8, 4) is 0 Å². The zero-order chi connectivity index (χ0) is 12.2. The quantitative estimate of drug-likeness (QED) is 0.581. The first-order valence-electron chi connectivity index (χ1n) is 6.24. The van der Waals surface area contributed by atoms with Crippen molar-refractivity contribution in [3.63, 3.8) is 0 Å². The number of amides is 1. The molecule has 96 valence electrons. The molecule has 0 aliphatic rings. The molecule has 0 aromatic carbocycles. The first-order chi connectivity index (χ1) is 7.72. The van der Waals surface area contributed by atoms with E-state index in [9.17, 15) is 4.79 Å². The zero-order valence-corrected chi connectivity index (χ0v) is 11.4. The van der Waals surface area contributed by atoms with Crippen LogP contribution in [0.3, 0.4) is 0 Å². The van der Waals surface area contributed by atoms with Crippen LogP contribution in [0.2, 0.25) is 0 Å². The van der Waals surface area contributed by atoms with Gasteiger partial charge in [0.15, 0.2) is 0 Å². The molecule has 0 aliphatic heterocycles. The first-order valence-corrected chi connectivity index (χ1v) is 7.64. The molecule has 0 rings (SSSR count). The fraction of sp³-hybridized carbons (Fsp3) is 0.917. The highest BCUT2D eigenvalue weighted by atomic mass is 32.2. The van der Waals surface area contributed by atoms with Gasteiger partial charge < -0.3 is 11.1 Å². The van der Waals surface area contributed by atoms with Gasteiger partial charge in [-0.15, -0.1) is 0 Å². The summed E-state index contributed by atoms with van der Waals surface area (Å²) in [6.45, 7) is 2.81. The number of hydrogen-bond acceptors (Lipinski definition) is 3. The molecule has 1 amide bonds. The van der Waals surface area contributed by atoms with Crippen LogP contribution < -0.4 is 11.1 Å². The van der Waals surface area contributed by atoms with Crippen LogP contribution in [0.1, 0.15) is 45.4 Å². The third kappa shape index (κ3) is 9.04. The summed E-state index contributed by atoms with van der Waals surface area (Å²) in [5.41, 5.74) is 5.69. The van der Waals surface area contributed by atoms with E-state index < -0.39 is 0 Å². The summed E-state index contributed by atoms with van der Waals surface area (Å²) in [4.78, 5) is 11.4. The minimum absolute atomic E-state index is 0.00552. The number of nitrogens with one attached hydrogen (secondary N) is 1. The molecule has 0 aromatic heterocycles. The second-order valence-electron chi connectivity index (χ2n) is 4.09. The molecule has 1 atom stereocenters. The molecule has 0 bridgehead atoms. The number of unbranched alkanes of at least 4 members (excludes halogenated alkanes) is 3. The molecule has 16 heavy (non-hydrogen) atoms. The lowest BCUT2D eigenvalue weighted by molar-refractivity contribution is -0.122. The molecule has 3 N–H and O–H groups in total. The molecule has 0 aromatic rings. The fourth-order valence-electron chi connectivity index (χ4n) is 1.51. The lowest BCUT2D eigenvalue weighted by Gasteiger charge is -2.10. The average molecular weight is 246 g/mol. The van der Waals surface area contributed by atoms with E-state index in [4.69, 9.17) is 5.73 Å². The van der Waals surface area contributed by atoms with Crippen molar-refractivity contribution < 1.29 is 4.79 Å². The zero-order valence-electron chi connectivity index (χ0n) is 10.6. The molecule has 0 heterocycles. The van der Waals surface area contributed by atoms with Gasteiger partial charge in [-0.05, 0) is 31.3 Å². The maximum Gasteiger partial charge on any atom is 0.236 e. The lowest BCUT2D eigenvalue weighted by Crippen LogP contribution is -2.40. The van der Waals surface area contributed by atoms with E-state index in [0.29, 0.717) is 0 Å². The van der Waals surface area contributed by atoms with Crippen molar-refractivity contribution in [2.45, 2.75) is 51.5 Å².